The molecule has 1 aromatic heterocycles. The summed E-state index contributed by atoms with van der Waals surface area (Å²) in [4.78, 5) is 27.7. The summed E-state index contributed by atoms with van der Waals surface area (Å²) in [6, 6.07) is 10.8. The molecular formula is C15H15N3O2. The number of hydrogen-bond acceptors (Lipinski definition) is 3. The van der Waals surface area contributed by atoms with Gasteiger partial charge in [-0.2, -0.15) is 0 Å². The van der Waals surface area contributed by atoms with E-state index in [1.165, 1.54) is 0 Å². The summed E-state index contributed by atoms with van der Waals surface area (Å²) >= 11 is 0. The van der Waals surface area contributed by atoms with E-state index in [9.17, 15) is 9.59 Å². The molecule has 0 bridgehead atoms. The Labute approximate surface area is 117 Å². The number of nitrogens with zero attached hydrogens (tertiary/aromatic N) is 1. The first-order valence-corrected chi connectivity index (χ1v) is 6.17. The smallest absolute Gasteiger partial charge is 0.315 e. The minimum Gasteiger partial charge on any atom is -0.318 e. The Morgan fingerprint density at radius 2 is 1.55 bits per heavy atom. The number of anilines is 2. The van der Waals surface area contributed by atoms with Crippen LogP contribution in [-0.2, 0) is 9.59 Å². The van der Waals surface area contributed by atoms with Gasteiger partial charge in [0, 0.05) is 11.9 Å². The van der Waals surface area contributed by atoms with E-state index in [1.807, 2.05) is 32.0 Å². The number of para-hydroxylation sites is 1. The summed E-state index contributed by atoms with van der Waals surface area (Å²) in [6.07, 6.45) is 1.56. The molecule has 0 spiro atoms. The number of aryl methyl sites for hydroxylation is 2. The third kappa shape index (κ3) is 3.20. The molecule has 5 nitrogen and oxygen atoms in total. The van der Waals surface area contributed by atoms with Crippen molar-refractivity contribution in [3.05, 3.63) is 53.7 Å². The first-order valence-electron chi connectivity index (χ1n) is 6.17. The van der Waals surface area contributed by atoms with Crippen molar-refractivity contribution in [1.82, 2.24) is 4.98 Å². The Morgan fingerprint density at radius 3 is 2.25 bits per heavy atom. The predicted octanol–water partition coefficient (Wildman–Crippen LogP) is 2.28. The van der Waals surface area contributed by atoms with Gasteiger partial charge in [-0.15, -0.1) is 0 Å². The van der Waals surface area contributed by atoms with Gasteiger partial charge in [-0.3, -0.25) is 9.59 Å². The van der Waals surface area contributed by atoms with Crippen molar-refractivity contribution in [2.45, 2.75) is 13.8 Å². The monoisotopic (exact) mass is 269 g/mol. The first kappa shape index (κ1) is 13.7. The second kappa shape index (κ2) is 5.97. The zero-order valence-electron chi connectivity index (χ0n) is 11.3. The summed E-state index contributed by atoms with van der Waals surface area (Å²) in [5, 5.41) is 5.06. The van der Waals surface area contributed by atoms with E-state index in [1.54, 1.807) is 24.4 Å². The normalized spacial score (nSPS) is 9.90. The van der Waals surface area contributed by atoms with E-state index < -0.39 is 11.8 Å². The van der Waals surface area contributed by atoms with E-state index >= 15 is 0 Å². The lowest BCUT2D eigenvalue weighted by atomic mass is 10.2. The third-order valence-electron chi connectivity index (χ3n) is 2.84. The van der Waals surface area contributed by atoms with Crippen molar-refractivity contribution in [2.24, 2.45) is 0 Å². The van der Waals surface area contributed by atoms with Crippen molar-refractivity contribution in [1.29, 1.82) is 0 Å². The number of aromatic nitrogens is 1. The van der Waals surface area contributed by atoms with Crippen LogP contribution in [0.15, 0.2) is 42.6 Å². The molecule has 0 aliphatic carbocycles. The quantitative estimate of drug-likeness (QED) is 0.822. The maximum absolute atomic E-state index is 11.8. The topological polar surface area (TPSA) is 71.1 Å². The molecule has 0 saturated carbocycles. The highest BCUT2D eigenvalue weighted by Gasteiger charge is 2.15. The average Bonchev–Trinajstić information content (AvgIpc) is 2.43. The van der Waals surface area contributed by atoms with Gasteiger partial charge in [0.25, 0.3) is 0 Å². The highest BCUT2D eigenvalue weighted by molar-refractivity contribution is 6.43. The van der Waals surface area contributed by atoms with E-state index in [4.69, 9.17) is 0 Å². The van der Waals surface area contributed by atoms with Crippen LogP contribution in [0.3, 0.4) is 0 Å². The minimum atomic E-state index is -0.741. The van der Waals surface area contributed by atoms with Gasteiger partial charge in [0.2, 0.25) is 0 Å². The van der Waals surface area contributed by atoms with Gasteiger partial charge >= 0.3 is 11.8 Å². The number of rotatable bonds is 2. The van der Waals surface area contributed by atoms with Gasteiger partial charge < -0.3 is 10.6 Å². The number of pyridine rings is 1. The number of carbonyl (C=O) groups excluding carboxylic acids is 2. The molecule has 5 heteroatoms. The Kier molecular flexibility index (Phi) is 4.10. The fraction of sp³-hybridized carbons (Fsp3) is 0.133. The highest BCUT2D eigenvalue weighted by atomic mass is 16.2. The summed E-state index contributed by atoms with van der Waals surface area (Å²) in [6.45, 7) is 3.66. The molecule has 2 N–H and O–H groups in total. The maximum Gasteiger partial charge on any atom is 0.315 e. The molecule has 0 atom stereocenters. The fourth-order valence-corrected chi connectivity index (χ4v) is 1.67. The minimum absolute atomic E-state index is 0.387. The van der Waals surface area contributed by atoms with Gasteiger partial charge in [-0.05, 0) is 37.1 Å². The van der Waals surface area contributed by atoms with E-state index in [0.717, 1.165) is 11.1 Å². The largest absolute Gasteiger partial charge is 0.318 e. The molecule has 2 rings (SSSR count). The zero-order chi connectivity index (χ0) is 14.5. The van der Waals surface area contributed by atoms with Crippen molar-refractivity contribution in [3.63, 3.8) is 0 Å². The predicted molar refractivity (Wildman–Crippen MR) is 77.4 cm³/mol. The van der Waals surface area contributed by atoms with Crippen molar-refractivity contribution < 1.29 is 9.59 Å². The van der Waals surface area contributed by atoms with Crippen molar-refractivity contribution in [3.8, 4) is 0 Å². The second-order valence-electron chi connectivity index (χ2n) is 4.39. The molecule has 0 radical (unpaired) electrons. The number of hydrogen-bond donors (Lipinski definition) is 2. The second-order valence-corrected chi connectivity index (χ2v) is 4.39. The van der Waals surface area contributed by atoms with Gasteiger partial charge in [0.1, 0.15) is 5.82 Å². The zero-order valence-corrected chi connectivity index (χ0v) is 11.3. The molecule has 20 heavy (non-hydrogen) atoms. The molecule has 102 valence electrons. The molecule has 0 saturated heterocycles. The van der Waals surface area contributed by atoms with Crippen LogP contribution in [0.4, 0.5) is 11.5 Å². The van der Waals surface area contributed by atoms with Gasteiger partial charge in [0.15, 0.2) is 0 Å². The molecular weight excluding hydrogens is 254 g/mol. The lowest BCUT2D eigenvalue weighted by Crippen LogP contribution is -2.29. The third-order valence-corrected chi connectivity index (χ3v) is 2.84. The van der Waals surface area contributed by atoms with Crippen LogP contribution >= 0.6 is 0 Å². The molecule has 0 fully saturated rings. The molecule has 1 aromatic carbocycles. The first-order chi connectivity index (χ1) is 9.58. The van der Waals surface area contributed by atoms with E-state index in [2.05, 4.69) is 15.6 Å². The SMILES string of the molecule is Cc1ccccc1NC(=O)C(=O)Nc1ncccc1C. The van der Waals surface area contributed by atoms with E-state index in [0.29, 0.717) is 11.5 Å². The summed E-state index contributed by atoms with van der Waals surface area (Å²) in [5.74, 6) is -1.07. The Balaban J connectivity index is 2.05. The molecule has 1 heterocycles. The Hall–Kier alpha value is -2.69. The standard InChI is InChI=1S/C15H15N3O2/c1-10-6-3-4-8-12(10)17-14(19)15(20)18-13-11(2)7-5-9-16-13/h3-9H,1-2H3,(H,17,19)(H,16,18,20). The van der Waals surface area contributed by atoms with Crippen LogP contribution in [0, 0.1) is 13.8 Å². The van der Waals surface area contributed by atoms with Crippen LogP contribution in [0.5, 0.6) is 0 Å². The Morgan fingerprint density at radius 1 is 0.900 bits per heavy atom. The maximum atomic E-state index is 11.8. The van der Waals surface area contributed by atoms with Crippen molar-refractivity contribution >= 4 is 23.3 Å². The lowest BCUT2D eigenvalue weighted by Gasteiger charge is -2.09. The summed E-state index contributed by atoms with van der Waals surface area (Å²) in [5.41, 5.74) is 2.30. The van der Waals surface area contributed by atoms with Gasteiger partial charge in [-0.25, -0.2) is 4.98 Å². The molecule has 0 aliphatic heterocycles. The molecule has 2 aromatic rings. The summed E-state index contributed by atoms with van der Waals surface area (Å²) in [7, 11) is 0. The van der Waals surface area contributed by atoms with Crippen molar-refractivity contribution in [2.75, 3.05) is 10.6 Å². The fourth-order valence-electron chi connectivity index (χ4n) is 1.67. The van der Waals surface area contributed by atoms with Crippen LogP contribution in [0.25, 0.3) is 0 Å². The number of benzene rings is 1. The number of nitrogens with one attached hydrogen (secondary N) is 2. The van der Waals surface area contributed by atoms with Gasteiger partial charge in [0.05, 0.1) is 0 Å². The molecule has 0 aliphatic rings. The highest BCUT2D eigenvalue weighted by Crippen LogP contribution is 2.13. The molecule has 2 amide bonds. The lowest BCUT2D eigenvalue weighted by molar-refractivity contribution is -0.133. The number of carbonyl (C=O) groups is 2. The Bertz CT molecular complexity index is 596. The summed E-state index contributed by atoms with van der Waals surface area (Å²) < 4.78 is 0. The molecule has 0 unspecified atom stereocenters. The average molecular weight is 269 g/mol. The van der Waals surface area contributed by atoms with Crippen LogP contribution < -0.4 is 10.6 Å². The van der Waals surface area contributed by atoms with Crippen LogP contribution in [0.1, 0.15) is 11.1 Å². The van der Waals surface area contributed by atoms with Crippen LogP contribution in [-0.4, -0.2) is 16.8 Å². The van der Waals surface area contributed by atoms with Gasteiger partial charge in [-0.1, -0.05) is 24.3 Å². The number of amides is 2. The van der Waals surface area contributed by atoms with E-state index in [-0.39, 0.29) is 0 Å². The van der Waals surface area contributed by atoms with Crippen LogP contribution in [0.2, 0.25) is 0 Å².